The molecule has 31 heavy (non-hydrogen) atoms. The van der Waals surface area contributed by atoms with Crippen LogP contribution >= 0.6 is 0 Å². The summed E-state index contributed by atoms with van der Waals surface area (Å²) < 4.78 is 10.9. The first-order valence-electron chi connectivity index (χ1n) is 10.7. The first kappa shape index (κ1) is 24.1. The Hall–Kier alpha value is -3.21. The predicted molar refractivity (Wildman–Crippen MR) is 130 cm³/mol. The molecule has 3 aromatic rings. The van der Waals surface area contributed by atoms with E-state index >= 15 is 0 Å². The van der Waals surface area contributed by atoms with E-state index in [1.807, 2.05) is 18.3 Å². The van der Waals surface area contributed by atoms with Gasteiger partial charge < -0.3 is 19.9 Å². The maximum atomic E-state index is 7.33. The van der Waals surface area contributed by atoms with Crippen molar-refractivity contribution in [3.63, 3.8) is 0 Å². The van der Waals surface area contributed by atoms with Crippen LogP contribution in [0.4, 0.5) is 5.69 Å². The van der Waals surface area contributed by atoms with Gasteiger partial charge in [0.05, 0.1) is 26.0 Å². The van der Waals surface area contributed by atoms with E-state index in [9.17, 15) is 0 Å². The van der Waals surface area contributed by atoms with Gasteiger partial charge in [-0.2, -0.15) is 0 Å². The van der Waals surface area contributed by atoms with Crippen molar-refractivity contribution in [1.29, 1.82) is 0 Å². The maximum absolute atomic E-state index is 7.33. The SMILES string of the molecule is C=CO.CCCCC(C)Nc1ccc(Cc2ccnc3cc(OC)c(OC)cc23)cc1. The number of aliphatic hydroxyl groups excluding tert-OH is 1. The molecule has 1 unspecified atom stereocenters. The smallest absolute Gasteiger partial charge is 0.162 e. The number of nitrogens with one attached hydrogen (secondary N) is 1. The van der Waals surface area contributed by atoms with E-state index in [-0.39, 0.29) is 0 Å². The highest BCUT2D eigenvalue weighted by Crippen LogP contribution is 2.33. The van der Waals surface area contributed by atoms with Crippen molar-refractivity contribution >= 4 is 16.6 Å². The van der Waals surface area contributed by atoms with Crippen LogP contribution in [0.1, 0.15) is 44.2 Å². The van der Waals surface area contributed by atoms with E-state index < -0.39 is 0 Å². The molecule has 5 heteroatoms. The minimum Gasteiger partial charge on any atom is -0.516 e. The lowest BCUT2D eigenvalue weighted by Gasteiger charge is -2.15. The van der Waals surface area contributed by atoms with Gasteiger partial charge in [0, 0.05) is 29.4 Å². The van der Waals surface area contributed by atoms with Crippen molar-refractivity contribution in [3.05, 3.63) is 72.6 Å². The number of ether oxygens (including phenoxy) is 2. The number of aliphatic hydroxyl groups is 1. The molecule has 0 bridgehead atoms. The predicted octanol–water partition coefficient (Wildman–Crippen LogP) is 6.52. The van der Waals surface area contributed by atoms with Gasteiger partial charge in [-0.05, 0) is 55.2 Å². The van der Waals surface area contributed by atoms with Crippen LogP contribution in [0.3, 0.4) is 0 Å². The van der Waals surface area contributed by atoms with Crippen LogP contribution in [0.25, 0.3) is 10.9 Å². The molecule has 1 aromatic heterocycles. The van der Waals surface area contributed by atoms with Gasteiger partial charge in [0.25, 0.3) is 0 Å². The molecular weight excluding hydrogens is 388 g/mol. The van der Waals surface area contributed by atoms with Crippen LogP contribution in [0, 0.1) is 0 Å². The van der Waals surface area contributed by atoms with Crippen molar-refractivity contribution in [3.8, 4) is 11.5 Å². The van der Waals surface area contributed by atoms with Gasteiger partial charge in [0.15, 0.2) is 11.5 Å². The summed E-state index contributed by atoms with van der Waals surface area (Å²) in [5.74, 6) is 1.43. The van der Waals surface area contributed by atoms with Crippen molar-refractivity contribution in [1.82, 2.24) is 4.98 Å². The van der Waals surface area contributed by atoms with E-state index in [0.717, 1.165) is 29.3 Å². The second-order valence-electron chi connectivity index (χ2n) is 7.44. The molecule has 3 rings (SSSR count). The van der Waals surface area contributed by atoms with E-state index in [0.29, 0.717) is 11.8 Å². The summed E-state index contributed by atoms with van der Waals surface area (Å²) in [4.78, 5) is 4.49. The zero-order chi connectivity index (χ0) is 22.6. The summed E-state index contributed by atoms with van der Waals surface area (Å²) in [6.45, 7) is 7.39. The number of rotatable bonds is 9. The molecule has 0 aliphatic carbocycles. The molecule has 166 valence electrons. The van der Waals surface area contributed by atoms with Crippen molar-refractivity contribution in [2.45, 2.75) is 45.6 Å². The van der Waals surface area contributed by atoms with Gasteiger partial charge in [-0.3, -0.25) is 4.98 Å². The molecular formula is C26H34N2O3. The van der Waals surface area contributed by atoms with Gasteiger partial charge in [0.1, 0.15) is 0 Å². The standard InChI is InChI=1S/C24H30N2O2.C2H4O/c1-5-6-7-17(2)26-20-10-8-18(9-11-20)14-19-12-13-25-22-16-24(28-4)23(27-3)15-21(19)22;1-2-3/h8-13,15-17,26H,5-7,14H2,1-4H3;2-3H,1H2. The lowest BCUT2D eigenvalue weighted by Crippen LogP contribution is -2.14. The Balaban J connectivity index is 0.00000107. The maximum Gasteiger partial charge on any atom is 0.162 e. The fraction of sp³-hybridized carbons (Fsp3) is 0.346. The Labute approximate surface area is 185 Å². The molecule has 0 radical (unpaired) electrons. The van der Waals surface area contributed by atoms with E-state index in [2.05, 4.69) is 61.1 Å². The number of unbranched alkanes of at least 4 members (excludes halogenated alkanes) is 1. The van der Waals surface area contributed by atoms with Gasteiger partial charge >= 0.3 is 0 Å². The number of nitrogens with zero attached hydrogens (tertiary/aromatic N) is 1. The Bertz CT molecular complexity index is 955. The largest absolute Gasteiger partial charge is 0.516 e. The van der Waals surface area contributed by atoms with Crippen LogP contribution in [-0.2, 0) is 6.42 Å². The highest BCUT2D eigenvalue weighted by Gasteiger charge is 2.10. The molecule has 1 heterocycles. The molecule has 0 aliphatic rings. The van der Waals surface area contributed by atoms with E-state index in [4.69, 9.17) is 14.6 Å². The Kier molecular flexibility index (Phi) is 9.69. The van der Waals surface area contributed by atoms with Gasteiger partial charge in [-0.15, -0.1) is 0 Å². The average molecular weight is 423 g/mol. The van der Waals surface area contributed by atoms with Crippen LogP contribution < -0.4 is 14.8 Å². The molecule has 0 saturated carbocycles. The number of fused-ring (bicyclic) bond motifs is 1. The number of aromatic nitrogens is 1. The van der Waals surface area contributed by atoms with Crippen LogP contribution in [0.2, 0.25) is 0 Å². The number of pyridine rings is 1. The Morgan fingerprint density at radius 1 is 1.10 bits per heavy atom. The Morgan fingerprint density at radius 2 is 1.74 bits per heavy atom. The minimum absolute atomic E-state index is 0.498. The fourth-order valence-electron chi connectivity index (χ4n) is 3.49. The molecule has 0 amide bonds. The number of methoxy groups -OCH3 is 2. The summed E-state index contributed by atoms with van der Waals surface area (Å²) in [6, 6.07) is 15.3. The third kappa shape index (κ3) is 6.92. The van der Waals surface area contributed by atoms with Crippen molar-refractivity contribution < 1.29 is 14.6 Å². The third-order valence-corrected chi connectivity index (χ3v) is 5.09. The summed E-state index contributed by atoms with van der Waals surface area (Å²) >= 11 is 0. The number of benzene rings is 2. The number of hydrogen-bond acceptors (Lipinski definition) is 5. The molecule has 0 saturated heterocycles. The second-order valence-corrected chi connectivity index (χ2v) is 7.44. The lowest BCUT2D eigenvalue weighted by atomic mass is 10.0. The quantitative estimate of drug-likeness (QED) is 0.384. The third-order valence-electron chi connectivity index (χ3n) is 5.09. The molecule has 2 aromatic carbocycles. The fourth-order valence-corrected chi connectivity index (χ4v) is 3.49. The van der Waals surface area contributed by atoms with E-state index in [1.165, 1.54) is 36.1 Å². The van der Waals surface area contributed by atoms with Crippen LogP contribution in [-0.4, -0.2) is 30.4 Å². The van der Waals surface area contributed by atoms with Crippen molar-refractivity contribution in [2.75, 3.05) is 19.5 Å². The zero-order valence-corrected chi connectivity index (χ0v) is 19.0. The molecule has 5 nitrogen and oxygen atoms in total. The zero-order valence-electron chi connectivity index (χ0n) is 19.0. The first-order chi connectivity index (χ1) is 15.1. The molecule has 0 fully saturated rings. The summed E-state index contributed by atoms with van der Waals surface area (Å²) in [5, 5.41) is 12.0. The van der Waals surface area contributed by atoms with E-state index in [1.54, 1.807) is 14.2 Å². The van der Waals surface area contributed by atoms with Gasteiger partial charge in [-0.25, -0.2) is 0 Å². The van der Waals surface area contributed by atoms with Crippen molar-refractivity contribution in [2.24, 2.45) is 0 Å². The Morgan fingerprint density at radius 3 is 2.35 bits per heavy atom. The molecule has 1 atom stereocenters. The average Bonchev–Trinajstić information content (AvgIpc) is 2.78. The summed E-state index contributed by atoms with van der Waals surface area (Å²) in [6.07, 6.45) is 7.15. The molecule has 0 spiro atoms. The highest BCUT2D eigenvalue weighted by atomic mass is 16.5. The first-order valence-corrected chi connectivity index (χ1v) is 10.7. The summed E-state index contributed by atoms with van der Waals surface area (Å²) in [7, 11) is 3.30. The second kappa shape index (κ2) is 12.5. The topological polar surface area (TPSA) is 63.6 Å². The highest BCUT2D eigenvalue weighted by molar-refractivity contribution is 5.86. The minimum atomic E-state index is 0.498. The number of hydrogen-bond donors (Lipinski definition) is 2. The van der Waals surface area contributed by atoms with Gasteiger partial charge in [-0.1, -0.05) is 38.5 Å². The normalized spacial score (nSPS) is 11.2. The summed E-state index contributed by atoms with van der Waals surface area (Å²) in [5.41, 5.74) is 4.59. The van der Waals surface area contributed by atoms with Gasteiger partial charge in [0.2, 0.25) is 0 Å². The number of anilines is 1. The monoisotopic (exact) mass is 422 g/mol. The molecule has 0 aliphatic heterocycles. The molecule has 2 N–H and O–H groups in total. The lowest BCUT2D eigenvalue weighted by molar-refractivity contribution is 0.356. The van der Waals surface area contributed by atoms with Crippen LogP contribution in [0.5, 0.6) is 11.5 Å². The van der Waals surface area contributed by atoms with Crippen LogP contribution in [0.15, 0.2) is 61.5 Å².